The van der Waals surface area contributed by atoms with Crippen LogP contribution in [0.3, 0.4) is 0 Å². The number of aliphatic hydroxyl groups excluding tert-OH is 1. The molecule has 0 amide bonds. The summed E-state index contributed by atoms with van der Waals surface area (Å²) in [6.07, 6.45) is 1.79. The van der Waals surface area contributed by atoms with Crippen LogP contribution in [0.5, 0.6) is 0 Å². The van der Waals surface area contributed by atoms with Gasteiger partial charge in [-0.1, -0.05) is 25.1 Å². The van der Waals surface area contributed by atoms with E-state index in [1.165, 1.54) is 11.3 Å². The van der Waals surface area contributed by atoms with Gasteiger partial charge in [0.15, 0.2) is 0 Å². The Morgan fingerprint density at radius 3 is 2.50 bits per heavy atom. The van der Waals surface area contributed by atoms with E-state index >= 15 is 0 Å². The quantitative estimate of drug-likeness (QED) is 0.825. The summed E-state index contributed by atoms with van der Waals surface area (Å²) in [5.74, 6) is 0. The van der Waals surface area contributed by atoms with E-state index in [1.54, 1.807) is 0 Å². The fraction of sp³-hybridized carbons (Fsp3) is 0.500. The molecule has 0 aliphatic heterocycles. The van der Waals surface area contributed by atoms with E-state index in [1.807, 2.05) is 22.9 Å². The first-order valence-corrected chi connectivity index (χ1v) is 8.06. The summed E-state index contributed by atoms with van der Waals surface area (Å²) >= 11 is 0. The average molecular weight is 301 g/mol. The molecular formula is C18H27N3O. The lowest BCUT2D eigenvalue weighted by molar-refractivity contribution is 0.257. The Labute approximate surface area is 133 Å². The first-order valence-electron chi connectivity index (χ1n) is 8.06. The summed E-state index contributed by atoms with van der Waals surface area (Å²) in [5.41, 5.74) is 4.56. The van der Waals surface area contributed by atoms with E-state index < -0.39 is 0 Å². The monoisotopic (exact) mass is 301 g/mol. The number of hydrogen-bond acceptors (Lipinski definition) is 3. The molecule has 4 heteroatoms. The number of para-hydroxylation sites is 1. The lowest BCUT2D eigenvalue weighted by atomic mass is 10.0. The van der Waals surface area contributed by atoms with Gasteiger partial charge in [-0.05, 0) is 45.7 Å². The maximum absolute atomic E-state index is 9.16. The topological polar surface area (TPSA) is 50.1 Å². The molecule has 0 saturated heterocycles. The predicted molar refractivity (Wildman–Crippen MR) is 90.4 cm³/mol. The molecule has 2 rings (SSSR count). The molecule has 0 saturated carbocycles. The molecular weight excluding hydrogens is 274 g/mol. The molecule has 1 aromatic carbocycles. The summed E-state index contributed by atoms with van der Waals surface area (Å²) in [6.45, 7) is 8.72. The van der Waals surface area contributed by atoms with Crippen LogP contribution in [0.1, 0.15) is 49.7 Å². The molecule has 0 aliphatic rings. The molecule has 4 nitrogen and oxygen atoms in total. The summed E-state index contributed by atoms with van der Waals surface area (Å²) in [7, 11) is 0. The Bertz CT molecular complexity index is 592. The van der Waals surface area contributed by atoms with Crippen molar-refractivity contribution in [1.82, 2.24) is 15.1 Å². The standard InChI is InChI=1S/C18H27N3O/c1-5-16(11-12-22)19-13(2)18-14(3)20-21(15(18)4)17-9-7-6-8-10-17/h6-10,13,16,19,22H,5,11-12H2,1-4H3. The molecule has 0 fully saturated rings. The number of rotatable bonds is 7. The Hall–Kier alpha value is -1.65. The smallest absolute Gasteiger partial charge is 0.0648 e. The fourth-order valence-corrected chi connectivity index (χ4v) is 3.10. The molecule has 0 bridgehead atoms. The third kappa shape index (κ3) is 3.57. The van der Waals surface area contributed by atoms with Crippen LogP contribution in [0.4, 0.5) is 0 Å². The zero-order valence-corrected chi connectivity index (χ0v) is 14.0. The predicted octanol–water partition coefficient (Wildman–Crippen LogP) is 3.30. The van der Waals surface area contributed by atoms with Crippen molar-refractivity contribution >= 4 is 0 Å². The van der Waals surface area contributed by atoms with Crippen molar-refractivity contribution in [1.29, 1.82) is 0 Å². The molecule has 2 unspecified atom stereocenters. The summed E-state index contributed by atoms with van der Waals surface area (Å²) in [6, 6.07) is 10.8. The van der Waals surface area contributed by atoms with Crippen LogP contribution >= 0.6 is 0 Å². The van der Waals surface area contributed by atoms with Crippen LogP contribution in [0.25, 0.3) is 5.69 Å². The van der Waals surface area contributed by atoms with Crippen LogP contribution in [0.15, 0.2) is 30.3 Å². The molecule has 120 valence electrons. The van der Waals surface area contributed by atoms with E-state index in [-0.39, 0.29) is 12.6 Å². The molecule has 1 aromatic heterocycles. The molecule has 0 aliphatic carbocycles. The van der Waals surface area contributed by atoms with Crippen LogP contribution in [0, 0.1) is 13.8 Å². The fourth-order valence-electron chi connectivity index (χ4n) is 3.10. The number of aryl methyl sites for hydroxylation is 1. The zero-order chi connectivity index (χ0) is 16.1. The Morgan fingerprint density at radius 2 is 1.91 bits per heavy atom. The third-order valence-corrected chi connectivity index (χ3v) is 4.24. The van der Waals surface area contributed by atoms with Gasteiger partial charge in [0, 0.05) is 29.9 Å². The Morgan fingerprint density at radius 1 is 1.23 bits per heavy atom. The maximum Gasteiger partial charge on any atom is 0.0648 e. The second-order valence-corrected chi connectivity index (χ2v) is 5.84. The van der Waals surface area contributed by atoms with Crippen molar-refractivity contribution in [2.24, 2.45) is 0 Å². The van der Waals surface area contributed by atoms with Gasteiger partial charge >= 0.3 is 0 Å². The molecule has 22 heavy (non-hydrogen) atoms. The van der Waals surface area contributed by atoms with Gasteiger partial charge in [-0.2, -0.15) is 5.10 Å². The van der Waals surface area contributed by atoms with Gasteiger partial charge in [-0.15, -0.1) is 0 Å². The van der Waals surface area contributed by atoms with Gasteiger partial charge in [0.1, 0.15) is 0 Å². The number of hydrogen-bond donors (Lipinski definition) is 2. The Balaban J connectivity index is 2.26. The minimum atomic E-state index is 0.217. The van der Waals surface area contributed by atoms with Gasteiger partial charge in [-0.3, -0.25) is 0 Å². The molecule has 2 atom stereocenters. The van der Waals surface area contributed by atoms with Crippen LogP contribution in [-0.4, -0.2) is 27.5 Å². The van der Waals surface area contributed by atoms with Crippen molar-refractivity contribution in [2.75, 3.05) is 6.61 Å². The number of aliphatic hydroxyl groups is 1. The Kier molecular flexibility index (Phi) is 5.75. The number of benzene rings is 1. The summed E-state index contributed by atoms with van der Waals surface area (Å²) in [5, 5.41) is 17.5. The summed E-state index contributed by atoms with van der Waals surface area (Å²) < 4.78 is 2.01. The second kappa shape index (κ2) is 7.56. The van der Waals surface area contributed by atoms with Gasteiger partial charge in [0.2, 0.25) is 0 Å². The second-order valence-electron chi connectivity index (χ2n) is 5.84. The molecule has 0 spiro atoms. The minimum absolute atomic E-state index is 0.217. The van der Waals surface area contributed by atoms with Crippen LogP contribution in [-0.2, 0) is 0 Å². The van der Waals surface area contributed by atoms with E-state index in [2.05, 4.69) is 45.1 Å². The lowest BCUT2D eigenvalue weighted by Crippen LogP contribution is -2.32. The average Bonchev–Trinajstić information content (AvgIpc) is 2.82. The largest absolute Gasteiger partial charge is 0.396 e. The molecule has 2 N–H and O–H groups in total. The zero-order valence-electron chi connectivity index (χ0n) is 14.0. The van der Waals surface area contributed by atoms with Gasteiger partial charge in [-0.25, -0.2) is 4.68 Å². The highest BCUT2D eigenvalue weighted by molar-refractivity contribution is 5.38. The first kappa shape index (κ1) is 16.7. The number of nitrogens with zero attached hydrogens (tertiary/aromatic N) is 2. The van der Waals surface area contributed by atoms with E-state index in [4.69, 9.17) is 10.2 Å². The third-order valence-electron chi connectivity index (χ3n) is 4.24. The van der Waals surface area contributed by atoms with Crippen LogP contribution in [0.2, 0.25) is 0 Å². The van der Waals surface area contributed by atoms with Gasteiger partial charge < -0.3 is 10.4 Å². The molecule has 0 radical (unpaired) electrons. The highest BCUT2D eigenvalue weighted by Crippen LogP contribution is 2.24. The van der Waals surface area contributed by atoms with E-state index in [0.717, 1.165) is 24.2 Å². The minimum Gasteiger partial charge on any atom is -0.396 e. The highest BCUT2D eigenvalue weighted by atomic mass is 16.3. The SMILES string of the molecule is CCC(CCO)NC(C)c1c(C)nn(-c2ccccc2)c1C. The summed E-state index contributed by atoms with van der Waals surface area (Å²) in [4.78, 5) is 0. The maximum atomic E-state index is 9.16. The van der Waals surface area contributed by atoms with Gasteiger partial charge in [0.25, 0.3) is 0 Å². The van der Waals surface area contributed by atoms with E-state index in [9.17, 15) is 0 Å². The highest BCUT2D eigenvalue weighted by Gasteiger charge is 2.20. The number of aromatic nitrogens is 2. The van der Waals surface area contributed by atoms with Crippen molar-refractivity contribution in [3.63, 3.8) is 0 Å². The van der Waals surface area contributed by atoms with Crippen LogP contribution < -0.4 is 5.32 Å². The molecule has 1 heterocycles. The first-order chi connectivity index (χ1) is 10.6. The van der Waals surface area contributed by atoms with Crippen molar-refractivity contribution in [3.05, 3.63) is 47.3 Å². The van der Waals surface area contributed by atoms with Crippen molar-refractivity contribution in [3.8, 4) is 5.69 Å². The van der Waals surface area contributed by atoms with E-state index in [0.29, 0.717) is 6.04 Å². The normalized spacial score (nSPS) is 14.0. The van der Waals surface area contributed by atoms with Gasteiger partial charge in [0.05, 0.1) is 11.4 Å². The van der Waals surface area contributed by atoms with Crippen molar-refractivity contribution < 1.29 is 5.11 Å². The van der Waals surface area contributed by atoms with Crippen molar-refractivity contribution in [2.45, 2.75) is 52.6 Å². The lowest BCUT2D eigenvalue weighted by Gasteiger charge is -2.22. The number of nitrogens with one attached hydrogen (secondary N) is 1. The molecule has 2 aromatic rings.